The van der Waals surface area contributed by atoms with Crippen LogP contribution in [0.25, 0.3) is 0 Å². The highest BCUT2D eigenvalue weighted by atomic mass is 16.5. The third-order valence-corrected chi connectivity index (χ3v) is 2.70. The van der Waals surface area contributed by atoms with Crippen molar-refractivity contribution in [3.05, 3.63) is 23.8 Å². The first kappa shape index (κ1) is 12.8. The van der Waals surface area contributed by atoms with Gasteiger partial charge in [-0.05, 0) is 23.6 Å². The molecule has 1 atom stereocenters. The van der Waals surface area contributed by atoms with Crippen molar-refractivity contribution < 1.29 is 9.47 Å². The zero-order valence-corrected chi connectivity index (χ0v) is 10.7. The van der Waals surface area contributed by atoms with E-state index >= 15 is 0 Å². The summed E-state index contributed by atoms with van der Waals surface area (Å²) >= 11 is 0. The van der Waals surface area contributed by atoms with Crippen molar-refractivity contribution in [3.8, 4) is 11.5 Å². The maximum absolute atomic E-state index is 6.24. The van der Waals surface area contributed by atoms with Gasteiger partial charge in [0.05, 0.1) is 14.2 Å². The second-order valence-corrected chi connectivity index (χ2v) is 4.95. The summed E-state index contributed by atoms with van der Waals surface area (Å²) in [6, 6.07) is 5.62. The standard InChI is InChI=1S/C13H21NO2/c1-13(2,3)12(14)10-8-9(15-4)6-7-11(10)16-5/h6-8,12H,14H2,1-5H3/t12-/m1/s1. The number of rotatable bonds is 3. The summed E-state index contributed by atoms with van der Waals surface area (Å²) < 4.78 is 10.5. The SMILES string of the molecule is COc1ccc(OC)c([C@@H](N)C(C)(C)C)c1. The monoisotopic (exact) mass is 223 g/mol. The molecule has 3 heteroatoms. The fourth-order valence-corrected chi connectivity index (χ4v) is 1.55. The summed E-state index contributed by atoms with van der Waals surface area (Å²) in [5, 5.41) is 0. The summed E-state index contributed by atoms with van der Waals surface area (Å²) in [5.74, 6) is 1.61. The fourth-order valence-electron chi connectivity index (χ4n) is 1.55. The predicted molar refractivity (Wildman–Crippen MR) is 65.9 cm³/mol. The van der Waals surface area contributed by atoms with Gasteiger partial charge in [0.15, 0.2) is 0 Å². The van der Waals surface area contributed by atoms with Crippen LogP contribution in [-0.4, -0.2) is 14.2 Å². The van der Waals surface area contributed by atoms with E-state index in [1.807, 2.05) is 18.2 Å². The Labute approximate surface area is 97.6 Å². The number of hydrogen-bond acceptors (Lipinski definition) is 3. The van der Waals surface area contributed by atoms with Crippen molar-refractivity contribution in [2.45, 2.75) is 26.8 Å². The normalized spacial score (nSPS) is 13.4. The molecule has 0 saturated carbocycles. The molecule has 90 valence electrons. The first-order chi connectivity index (χ1) is 7.40. The highest BCUT2D eigenvalue weighted by Crippen LogP contribution is 2.37. The molecule has 16 heavy (non-hydrogen) atoms. The summed E-state index contributed by atoms with van der Waals surface area (Å²) in [5.41, 5.74) is 7.20. The summed E-state index contributed by atoms with van der Waals surface area (Å²) in [4.78, 5) is 0. The lowest BCUT2D eigenvalue weighted by atomic mass is 9.82. The van der Waals surface area contributed by atoms with Crippen molar-refractivity contribution >= 4 is 0 Å². The van der Waals surface area contributed by atoms with Gasteiger partial charge in [-0.1, -0.05) is 20.8 Å². The molecule has 0 spiro atoms. The quantitative estimate of drug-likeness (QED) is 0.857. The molecule has 1 rings (SSSR count). The molecule has 0 radical (unpaired) electrons. The van der Waals surface area contributed by atoms with Gasteiger partial charge in [-0.2, -0.15) is 0 Å². The number of nitrogens with two attached hydrogens (primary N) is 1. The Morgan fingerprint density at radius 1 is 1.12 bits per heavy atom. The zero-order valence-electron chi connectivity index (χ0n) is 10.7. The van der Waals surface area contributed by atoms with Crippen LogP contribution in [0.3, 0.4) is 0 Å². The lowest BCUT2D eigenvalue weighted by Gasteiger charge is -2.28. The maximum atomic E-state index is 6.24. The Hall–Kier alpha value is -1.22. The number of methoxy groups -OCH3 is 2. The highest BCUT2D eigenvalue weighted by Gasteiger charge is 2.25. The summed E-state index contributed by atoms with van der Waals surface area (Å²) in [7, 11) is 3.30. The second-order valence-electron chi connectivity index (χ2n) is 4.95. The van der Waals surface area contributed by atoms with E-state index in [-0.39, 0.29) is 11.5 Å². The topological polar surface area (TPSA) is 44.5 Å². The van der Waals surface area contributed by atoms with E-state index in [1.54, 1.807) is 14.2 Å². The van der Waals surface area contributed by atoms with Gasteiger partial charge < -0.3 is 15.2 Å². The Bertz CT molecular complexity index is 355. The van der Waals surface area contributed by atoms with Gasteiger partial charge in [-0.3, -0.25) is 0 Å². The van der Waals surface area contributed by atoms with Crippen LogP contribution in [0.1, 0.15) is 32.4 Å². The molecule has 2 N–H and O–H groups in total. The van der Waals surface area contributed by atoms with E-state index in [9.17, 15) is 0 Å². The van der Waals surface area contributed by atoms with Crippen LogP contribution in [0.5, 0.6) is 11.5 Å². The van der Waals surface area contributed by atoms with Crippen LogP contribution in [0.2, 0.25) is 0 Å². The van der Waals surface area contributed by atoms with E-state index in [1.165, 1.54) is 0 Å². The Kier molecular flexibility index (Phi) is 3.81. The molecule has 0 bridgehead atoms. The molecule has 3 nitrogen and oxygen atoms in total. The number of ether oxygens (including phenoxy) is 2. The lowest BCUT2D eigenvalue weighted by Crippen LogP contribution is -2.26. The van der Waals surface area contributed by atoms with Crippen molar-refractivity contribution in [1.82, 2.24) is 0 Å². The lowest BCUT2D eigenvalue weighted by molar-refractivity contribution is 0.312. The van der Waals surface area contributed by atoms with E-state index in [0.29, 0.717) is 0 Å². The smallest absolute Gasteiger partial charge is 0.123 e. The number of benzene rings is 1. The van der Waals surface area contributed by atoms with Gasteiger partial charge in [0.1, 0.15) is 11.5 Å². The molecular formula is C13H21NO2. The minimum absolute atomic E-state index is 0.0142. The van der Waals surface area contributed by atoms with Crippen molar-refractivity contribution in [3.63, 3.8) is 0 Å². The molecule has 1 aromatic carbocycles. The van der Waals surface area contributed by atoms with Crippen molar-refractivity contribution in [1.29, 1.82) is 0 Å². The molecule has 0 unspecified atom stereocenters. The minimum atomic E-state index is -0.0856. The average molecular weight is 223 g/mol. The Morgan fingerprint density at radius 3 is 2.19 bits per heavy atom. The second kappa shape index (κ2) is 4.74. The van der Waals surface area contributed by atoms with Gasteiger partial charge >= 0.3 is 0 Å². The van der Waals surface area contributed by atoms with E-state index in [4.69, 9.17) is 15.2 Å². The highest BCUT2D eigenvalue weighted by molar-refractivity contribution is 5.42. The van der Waals surface area contributed by atoms with E-state index in [0.717, 1.165) is 17.1 Å². The molecule has 0 aliphatic rings. The maximum Gasteiger partial charge on any atom is 0.123 e. The summed E-state index contributed by atoms with van der Waals surface area (Å²) in [6.45, 7) is 6.32. The molecule has 1 aromatic rings. The van der Waals surface area contributed by atoms with Gasteiger partial charge in [-0.15, -0.1) is 0 Å². The van der Waals surface area contributed by atoms with E-state index < -0.39 is 0 Å². The van der Waals surface area contributed by atoms with Crippen LogP contribution in [-0.2, 0) is 0 Å². The molecule has 0 fully saturated rings. The third-order valence-electron chi connectivity index (χ3n) is 2.70. The third kappa shape index (κ3) is 2.67. The summed E-state index contributed by atoms with van der Waals surface area (Å²) in [6.07, 6.45) is 0. The van der Waals surface area contributed by atoms with Gasteiger partial charge in [-0.25, -0.2) is 0 Å². The minimum Gasteiger partial charge on any atom is -0.497 e. The first-order valence-corrected chi connectivity index (χ1v) is 5.37. The largest absolute Gasteiger partial charge is 0.497 e. The van der Waals surface area contributed by atoms with Crippen molar-refractivity contribution in [2.24, 2.45) is 11.1 Å². The first-order valence-electron chi connectivity index (χ1n) is 5.37. The fraction of sp³-hybridized carbons (Fsp3) is 0.538. The van der Waals surface area contributed by atoms with Gasteiger partial charge in [0, 0.05) is 11.6 Å². The van der Waals surface area contributed by atoms with Crippen LogP contribution in [0, 0.1) is 5.41 Å². The molecule has 0 amide bonds. The Balaban J connectivity index is 3.18. The molecule has 0 heterocycles. The van der Waals surface area contributed by atoms with Crippen LogP contribution < -0.4 is 15.2 Å². The van der Waals surface area contributed by atoms with Crippen molar-refractivity contribution in [2.75, 3.05) is 14.2 Å². The van der Waals surface area contributed by atoms with Crippen LogP contribution >= 0.6 is 0 Å². The molecule has 0 aromatic heterocycles. The van der Waals surface area contributed by atoms with Gasteiger partial charge in [0.2, 0.25) is 0 Å². The molecular weight excluding hydrogens is 202 g/mol. The van der Waals surface area contributed by atoms with E-state index in [2.05, 4.69) is 20.8 Å². The van der Waals surface area contributed by atoms with Crippen LogP contribution in [0.4, 0.5) is 0 Å². The van der Waals surface area contributed by atoms with Gasteiger partial charge in [0.25, 0.3) is 0 Å². The zero-order chi connectivity index (χ0) is 12.3. The van der Waals surface area contributed by atoms with Crippen LogP contribution in [0.15, 0.2) is 18.2 Å². The number of hydrogen-bond donors (Lipinski definition) is 1. The molecule has 0 aliphatic heterocycles. The Morgan fingerprint density at radius 2 is 1.75 bits per heavy atom. The predicted octanol–water partition coefficient (Wildman–Crippen LogP) is 2.75. The average Bonchev–Trinajstić information content (AvgIpc) is 2.25. The molecule has 0 aliphatic carbocycles. The molecule has 0 saturated heterocycles.